The number of hydrogen-bond donors (Lipinski definition) is 2. The van der Waals surface area contributed by atoms with Crippen molar-refractivity contribution in [3.05, 3.63) is 60.2 Å². The first-order valence-electron chi connectivity index (χ1n) is 7.89. The van der Waals surface area contributed by atoms with Gasteiger partial charge in [0.15, 0.2) is 0 Å². The summed E-state index contributed by atoms with van der Waals surface area (Å²) in [5.74, 6) is 0.698. The van der Waals surface area contributed by atoms with Gasteiger partial charge < -0.3 is 10.1 Å². The van der Waals surface area contributed by atoms with Crippen molar-refractivity contribution in [2.45, 2.75) is 6.61 Å². The molecule has 2 aromatic carbocycles. The number of nitrogens with zero attached hydrogens (tertiary/aromatic N) is 1. The monoisotopic (exact) mass is 347 g/mol. The molecule has 3 rings (SSSR count). The summed E-state index contributed by atoms with van der Waals surface area (Å²) in [5.41, 5.74) is 1.61. The molecule has 0 amide bonds. The lowest BCUT2D eigenvalue weighted by atomic mass is 10.2. The van der Waals surface area contributed by atoms with Gasteiger partial charge in [-0.05, 0) is 29.8 Å². The van der Waals surface area contributed by atoms with Crippen molar-refractivity contribution in [2.75, 3.05) is 30.9 Å². The fourth-order valence-corrected chi connectivity index (χ4v) is 3.68. The normalized spacial score (nSPS) is 15.8. The van der Waals surface area contributed by atoms with Crippen LogP contribution >= 0.6 is 0 Å². The summed E-state index contributed by atoms with van der Waals surface area (Å²) in [6, 6.07) is 16.8. The molecule has 2 aromatic rings. The molecule has 1 aliphatic rings. The Morgan fingerprint density at radius 1 is 1.00 bits per heavy atom. The molecule has 6 nitrogen and oxygen atoms in total. The largest absolute Gasteiger partial charge is 0.489 e. The Bertz CT molecular complexity index is 742. The van der Waals surface area contributed by atoms with Crippen LogP contribution in [0.2, 0.25) is 0 Å². The highest BCUT2D eigenvalue weighted by Crippen LogP contribution is 2.19. The molecular formula is C17H21N3O3S. The highest BCUT2D eigenvalue weighted by Gasteiger charge is 2.23. The number of ether oxygens (including phenoxy) is 1. The van der Waals surface area contributed by atoms with Crippen LogP contribution in [0.4, 0.5) is 5.69 Å². The third-order valence-electron chi connectivity index (χ3n) is 3.77. The van der Waals surface area contributed by atoms with Crippen LogP contribution in [0.3, 0.4) is 0 Å². The maximum absolute atomic E-state index is 12.3. The van der Waals surface area contributed by atoms with Crippen LogP contribution in [0.5, 0.6) is 5.75 Å². The van der Waals surface area contributed by atoms with E-state index in [9.17, 15) is 8.42 Å². The maximum atomic E-state index is 12.3. The number of benzene rings is 2. The summed E-state index contributed by atoms with van der Waals surface area (Å²) in [6.07, 6.45) is 0. The summed E-state index contributed by atoms with van der Waals surface area (Å²) < 4.78 is 34.4. The molecule has 7 heteroatoms. The fourth-order valence-electron chi connectivity index (χ4n) is 2.46. The number of anilines is 1. The van der Waals surface area contributed by atoms with E-state index in [4.69, 9.17) is 4.74 Å². The number of rotatable bonds is 6. The molecule has 1 saturated heterocycles. The first-order chi connectivity index (χ1) is 11.6. The van der Waals surface area contributed by atoms with E-state index in [2.05, 4.69) is 10.0 Å². The van der Waals surface area contributed by atoms with Crippen molar-refractivity contribution in [3.63, 3.8) is 0 Å². The Labute approximate surface area is 142 Å². The first-order valence-corrected chi connectivity index (χ1v) is 9.33. The SMILES string of the molecule is O=S(=O)(Nc1ccc(OCc2ccccc2)cc1)N1CCNCC1. The van der Waals surface area contributed by atoms with E-state index >= 15 is 0 Å². The molecule has 0 aliphatic carbocycles. The van der Waals surface area contributed by atoms with Crippen LogP contribution in [-0.2, 0) is 16.8 Å². The predicted octanol–water partition coefficient (Wildman–Crippen LogP) is 1.83. The van der Waals surface area contributed by atoms with Gasteiger partial charge >= 0.3 is 10.2 Å². The van der Waals surface area contributed by atoms with Crippen LogP contribution in [0.15, 0.2) is 54.6 Å². The van der Waals surface area contributed by atoms with Crippen molar-refractivity contribution >= 4 is 15.9 Å². The van der Waals surface area contributed by atoms with Gasteiger partial charge in [0.1, 0.15) is 12.4 Å². The molecule has 1 aliphatic heterocycles. The van der Waals surface area contributed by atoms with Crippen LogP contribution < -0.4 is 14.8 Å². The highest BCUT2D eigenvalue weighted by atomic mass is 32.2. The topological polar surface area (TPSA) is 70.7 Å². The van der Waals surface area contributed by atoms with E-state index in [0.717, 1.165) is 5.56 Å². The van der Waals surface area contributed by atoms with Crippen molar-refractivity contribution in [1.29, 1.82) is 0 Å². The highest BCUT2D eigenvalue weighted by molar-refractivity contribution is 7.90. The van der Waals surface area contributed by atoms with Gasteiger partial charge in [0.25, 0.3) is 0 Å². The van der Waals surface area contributed by atoms with E-state index in [1.54, 1.807) is 24.3 Å². The molecular weight excluding hydrogens is 326 g/mol. The van der Waals surface area contributed by atoms with E-state index in [-0.39, 0.29) is 0 Å². The molecule has 0 aromatic heterocycles. The number of nitrogens with one attached hydrogen (secondary N) is 2. The molecule has 1 fully saturated rings. The molecule has 24 heavy (non-hydrogen) atoms. The van der Waals surface area contributed by atoms with Crippen molar-refractivity contribution in [3.8, 4) is 5.75 Å². The Hall–Kier alpha value is -2.09. The summed E-state index contributed by atoms with van der Waals surface area (Å²) in [5, 5.41) is 3.14. The minimum atomic E-state index is -3.50. The van der Waals surface area contributed by atoms with Gasteiger partial charge in [-0.3, -0.25) is 4.72 Å². The smallest absolute Gasteiger partial charge is 0.301 e. The molecule has 0 atom stereocenters. The minimum Gasteiger partial charge on any atom is -0.489 e. The van der Waals surface area contributed by atoms with Crippen LogP contribution in [0, 0.1) is 0 Å². The van der Waals surface area contributed by atoms with Crippen molar-refractivity contribution in [1.82, 2.24) is 9.62 Å². The first kappa shape index (κ1) is 16.8. The molecule has 2 N–H and O–H groups in total. The van der Waals surface area contributed by atoms with Gasteiger partial charge in [0, 0.05) is 26.2 Å². The minimum absolute atomic E-state index is 0.479. The Morgan fingerprint density at radius 2 is 1.67 bits per heavy atom. The molecule has 0 unspecified atom stereocenters. The van der Waals surface area contributed by atoms with Crippen molar-refractivity contribution < 1.29 is 13.2 Å². The maximum Gasteiger partial charge on any atom is 0.301 e. The molecule has 0 spiro atoms. The molecule has 1 heterocycles. The lowest BCUT2D eigenvalue weighted by Gasteiger charge is -2.26. The van der Waals surface area contributed by atoms with Crippen molar-refractivity contribution in [2.24, 2.45) is 0 Å². The van der Waals surface area contributed by atoms with Crippen LogP contribution in [0.1, 0.15) is 5.56 Å². The molecule has 128 valence electrons. The van der Waals surface area contributed by atoms with E-state index in [1.807, 2.05) is 30.3 Å². The summed E-state index contributed by atoms with van der Waals surface area (Å²) in [6.45, 7) is 2.79. The van der Waals surface area contributed by atoms with E-state index in [1.165, 1.54) is 4.31 Å². The van der Waals surface area contributed by atoms with Gasteiger partial charge in [-0.15, -0.1) is 0 Å². The Balaban J connectivity index is 1.58. The van der Waals surface area contributed by atoms with Gasteiger partial charge in [0.05, 0.1) is 5.69 Å². The summed E-state index contributed by atoms with van der Waals surface area (Å²) in [4.78, 5) is 0. The fraction of sp³-hybridized carbons (Fsp3) is 0.294. The van der Waals surface area contributed by atoms with Gasteiger partial charge in [0.2, 0.25) is 0 Å². The zero-order chi connectivity index (χ0) is 16.8. The third kappa shape index (κ3) is 4.47. The standard InChI is InChI=1S/C17H21N3O3S/c21-24(22,20-12-10-18-11-13-20)19-16-6-8-17(9-7-16)23-14-15-4-2-1-3-5-15/h1-9,18-19H,10-14H2. The second-order valence-corrected chi connectivity index (χ2v) is 7.23. The second-order valence-electron chi connectivity index (χ2n) is 5.55. The second kappa shape index (κ2) is 7.65. The zero-order valence-electron chi connectivity index (χ0n) is 13.3. The molecule has 0 bridgehead atoms. The van der Waals surface area contributed by atoms with Crippen LogP contribution in [-0.4, -0.2) is 38.9 Å². The molecule has 0 saturated carbocycles. The summed E-state index contributed by atoms with van der Waals surface area (Å²) in [7, 11) is -3.50. The third-order valence-corrected chi connectivity index (χ3v) is 5.30. The van der Waals surface area contributed by atoms with Crippen LogP contribution in [0.25, 0.3) is 0 Å². The van der Waals surface area contributed by atoms with Gasteiger partial charge in [-0.2, -0.15) is 12.7 Å². The number of piperazine rings is 1. The molecule has 0 radical (unpaired) electrons. The zero-order valence-corrected chi connectivity index (χ0v) is 14.1. The Morgan fingerprint density at radius 3 is 2.33 bits per heavy atom. The Kier molecular flexibility index (Phi) is 5.34. The number of hydrogen-bond acceptors (Lipinski definition) is 4. The quantitative estimate of drug-likeness (QED) is 0.836. The average molecular weight is 347 g/mol. The van der Waals surface area contributed by atoms with Gasteiger partial charge in [-0.25, -0.2) is 0 Å². The summed E-state index contributed by atoms with van der Waals surface area (Å²) >= 11 is 0. The average Bonchev–Trinajstić information content (AvgIpc) is 2.62. The lowest BCUT2D eigenvalue weighted by molar-refractivity contribution is 0.306. The van der Waals surface area contributed by atoms with Gasteiger partial charge in [-0.1, -0.05) is 30.3 Å². The van der Waals surface area contributed by atoms with E-state index < -0.39 is 10.2 Å². The predicted molar refractivity (Wildman–Crippen MR) is 94.2 cm³/mol. The lowest BCUT2D eigenvalue weighted by Crippen LogP contribution is -2.48. The van der Waals surface area contributed by atoms with E-state index in [0.29, 0.717) is 44.2 Å².